The third kappa shape index (κ3) is 4.50. The number of fused-ring (bicyclic) bond motifs is 1. The molecule has 0 fully saturated rings. The van der Waals surface area contributed by atoms with Gasteiger partial charge in [-0.2, -0.15) is 0 Å². The molecule has 1 atom stereocenters. The molecule has 6 nitrogen and oxygen atoms in total. The Morgan fingerprint density at radius 3 is 2.53 bits per heavy atom. The Labute approximate surface area is 189 Å². The van der Waals surface area contributed by atoms with Gasteiger partial charge in [-0.05, 0) is 53.1 Å². The Bertz CT molecular complexity index is 1310. The largest absolute Gasteiger partial charge is 0.453 e. The topological polar surface area (TPSA) is 80.2 Å². The number of aromatic nitrogens is 3. The maximum Gasteiger partial charge on any atom is 0.158 e. The van der Waals surface area contributed by atoms with Crippen molar-refractivity contribution in [2.75, 3.05) is 0 Å². The van der Waals surface area contributed by atoms with Crippen molar-refractivity contribution in [3.8, 4) is 22.6 Å². The van der Waals surface area contributed by atoms with Crippen molar-refractivity contribution in [3.63, 3.8) is 0 Å². The highest BCUT2D eigenvalue weighted by Gasteiger charge is 2.18. The quantitative estimate of drug-likeness (QED) is 0.333. The number of aliphatic hydroxyl groups is 1. The van der Waals surface area contributed by atoms with Gasteiger partial charge in [-0.1, -0.05) is 30.3 Å². The van der Waals surface area contributed by atoms with Crippen LogP contribution >= 0.6 is 11.3 Å². The Morgan fingerprint density at radius 1 is 0.906 bits per heavy atom. The van der Waals surface area contributed by atoms with Gasteiger partial charge in [0.25, 0.3) is 0 Å². The zero-order valence-electron chi connectivity index (χ0n) is 17.1. The molecular formula is C25H20N4O2S. The first-order valence-corrected chi connectivity index (χ1v) is 11.0. The molecule has 3 aromatic heterocycles. The molecule has 0 spiro atoms. The molecule has 0 amide bonds. The molecule has 0 radical (unpaired) electrons. The fourth-order valence-corrected chi connectivity index (χ4v) is 4.34. The van der Waals surface area contributed by atoms with Crippen LogP contribution in [0.3, 0.4) is 0 Å². The maximum atomic E-state index is 10.7. The molecule has 5 rings (SSSR count). The molecule has 2 aromatic carbocycles. The molecule has 158 valence electrons. The van der Waals surface area contributed by atoms with Crippen molar-refractivity contribution in [3.05, 3.63) is 102 Å². The number of hydrogen-bond donors (Lipinski definition) is 2. The molecule has 0 saturated heterocycles. The highest BCUT2D eigenvalue weighted by Crippen LogP contribution is 2.38. The molecule has 32 heavy (non-hydrogen) atoms. The summed E-state index contributed by atoms with van der Waals surface area (Å²) in [6.45, 7) is 0.541. The predicted molar refractivity (Wildman–Crippen MR) is 125 cm³/mol. The summed E-state index contributed by atoms with van der Waals surface area (Å²) < 4.78 is 7.06. The number of pyridine rings is 2. The van der Waals surface area contributed by atoms with Crippen LogP contribution in [0, 0.1) is 0 Å². The van der Waals surface area contributed by atoms with Crippen molar-refractivity contribution in [2.45, 2.75) is 12.8 Å². The summed E-state index contributed by atoms with van der Waals surface area (Å²) in [7, 11) is 0. The molecular weight excluding hydrogens is 420 g/mol. The van der Waals surface area contributed by atoms with E-state index in [9.17, 15) is 5.11 Å². The number of thiazole rings is 1. The fourth-order valence-electron chi connectivity index (χ4n) is 3.35. The number of rotatable bonds is 7. The van der Waals surface area contributed by atoms with Gasteiger partial charge in [0.2, 0.25) is 0 Å². The summed E-state index contributed by atoms with van der Waals surface area (Å²) in [4.78, 5) is 12.9. The number of ether oxygens (including phenoxy) is 1. The van der Waals surface area contributed by atoms with Crippen LogP contribution in [0.25, 0.3) is 21.3 Å². The van der Waals surface area contributed by atoms with E-state index in [0.29, 0.717) is 28.6 Å². The van der Waals surface area contributed by atoms with Crippen LogP contribution in [0.4, 0.5) is 0 Å². The minimum Gasteiger partial charge on any atom is -0.453 e. The van der Waals surface area contributed by atoms with Crippen molar-refractivity contribution >= 4 is 21.6 Å². The molecule has 0 aliphatic carbocycles. The van der Waals surface area contributed by atoms with Gasteiger partial charge >= 0.3 is 0 Å². The second-order valence-electron chi connectivity index (χ2n) is 7.17. The predicted octanol–water partition coefficient (Wildman–Crippen LogP) is 5.33. The Hall–Kier alpha value is -3.65. The molecule has 0 saturated carbocycles. The molecule has 5 aromatic rings. The van der Waals surface area contributed by atoms with E-state index in [2.05, 4.69) is 21.4 Å². The van der Waals surface area contributed by atoms with E-state index in [1.807, 2.05) is 60.7 Å². The zero-order valence-corrected chi connectivity index (χ0v) is 17.9. The number of benzene rings is 2. The third-order valence-corrected chi connectivity index (χ3v) is 5.98. The lowest BCUT2D eigenvalue weighted by Crippen LogP contribution is -2.20. The zero-order chi connectivity index (χ0) is 21.8. The summed E-state index contributed by atoms with van der Waals surface area (Å²) in [5.41, 5.74) is 3.80. The van der Waals surface area contributed by atoms with Gasteiger partial charge in [0.1, 0.15) is 16.3 Å². The lowest BCUT2D eigenvalue weighted by atomic mass is 10.1. The van der Waals surface area contributed by atoms with E-state index >= 15 is 0 Å². The van der Waals surface area contributed by atoms with Gasteiger partial charge in [-0.15, -0.1) is 11.3 Å². The van der Waals surface area contributed by atoms with E-state index in [-0.39, 0.29) is 0 Å². The third-order valence-electron chi connectivity index (χ3n) is 4.93. The van der Waals surface area contributed by atoms with E-state index in [0.717, 1.165) is 21.4 Å². The van der Waals surface area contributed by atoms with E-state index < -0.39 is 6.23 Å². The first-order valence-electron chi connectivity index (χ1n) is 10.1. The lowest BCUT2D eigenvalue weighted by molar-refractivity contribution is 0.137. The van der Waals surface area contributed by atoms with E-state index in [1.165, 1.54) is 11.3 Å². The molecule has 1 unspecified atom stereocenters. The smallest absolute Gasteiger partial charge is 0.158 e. The highest BCUT2D eigenvalue weighted by molar-refractivity contribution is 7.18. The van der Waals surface area contributed by atoms with Crippen LogP contribution in [0.1, 0.15) is 16.8 Å². The number of hydrogen-bond acceptors (Lipinski definition) is 7. The normalized spacial score (nSPS) is 12.0. The monoisotopic (exact) mass is 440 g/mol. The van der Waals surface area contributed by atoms with Gasteiger partial charge in [-0.25, -0.2) is 4.98 Å². The van der Waals surface area contributed by atoms with Crippen molar-refractivity contribution < 1.29 is 9.84 Å². The second kappa shape index (κ2) is 9.23. The Balaban J connectivity index is 1.50. The van der Waals surface area contributed by atoms with E-state index in [4.69, 9.17) is 9.72 Å². The molecule has 2 N–H and O–H groups in total. The van der Waals surface area contributed by atoms with Gasteiger partial charge in [0.05, 0.1) is 10.9 Å². The van der Waals surface area contributed by atoms with E-state index in [1.54, 1.807) is 24.8 Å². The Kier molecular flexibility index (Phi) is 5.85. The molecule has 0 aliphatic heterocycles. The van der Waals surface area contributed by atoms with Gasteiger partial charge in [0.15, 0.2) is 12.0 Å². The average Bonchev–Trinajstić information content (AvgIpc) is 3.29. The average molecular weight is 441 g/mol. The van der Waals surface area contributed by atoms with Crippen molar-refractivity contribution in [2.24, 2.45) is 0 Å². The number of aliphatic hydroxyl groups excluding tert-OH is 1. The summed E-state index contributed by atoms with van der Waals surface area (Å²) in [5, 5.41) is 14.4. The van der Waals surface area contributed by atoms with Gasteiger partial charge < -0.3 is 9.84 Å². The fraction of sp³-hybridized carbons (Fsp3) is 0.0800. The molecule has 3 heterocycles. The maximum absolute atomic E-state index is 10.7. The second-order valence-corrected chi connectivity index (χ2v) is 8.23. The standard InChI is InChI=1S/C25H20N4O2S/c30-24(28-15-17-5-2-1-3-6-17)25-29-23-21(31-20-7-4-10-27-16-20)13-19(14-22(23)32-25)18-8-11-26-12-9-18/h1-14,16,24,28,30H,15H2. The minimum absolute atomic E-state index is 0.541. The minimum atomic E-state index is -0.886. The van der Waals surface area contributed by atoms with Crippen molar-refractivity contribution in [1.29, 1.82) is 0 Å². The Morgan fingerprint density at radius 2 is 1.75 bits per heavy atom. The number of nitrogens with one attached hydrogen (secondary N) is 1. The van der Waals surface area contributed by atoms with Crippen LogP contribution in [0.5, 0.6) is 11.5 Å². The van der Waals surface area contributed by atoms with Crippen LogP contribution in [-0.4, -0.2) is 20.1 Å². The first kappa shape index (κ1) is 20.3. The molecule has 0 bridgehead atoms. The number of nitrogens with zero attached hydrogens (tertiary/aromatic N) is 3. The van der Waals surface area contributed by atoms with Gasteiger partial charge in [0, 0.05) is 25.1 Å². The summed E-state index contributed by atoms with van der Waals surface area (Å²) >= 11 is 1.44. The molecule has 7 heteroatoms. The first-order chi connectivity index (χ1) is 15.8. The summed E-state index contributed by atoms with van der Waals surface area (Å²) in [5.74, 6) is 1.23. The van der Waals surface area contributed by atoms with Crippen LogP contribution in [0.2, 0.25) is 0 Å². The van der Waals surface area contributed by atoms with Crippen LogP contribution in [0.15, 0.2) is 91.5 Å². The molecule has 0 aliphatic rings. The van der Waals surface area contributed by atoms with Crippen LogP contribution < -0.4 is 10.1 Å². The summed E-state index contributed by atoms with van der Waals surface area (Å²) in [6, 6.07) is 21.5. The van der Waals surface area contributed by atoms with Crippen molar-refractivity contribution in [1.82, 2.24) is 20.3 Å². The summed E-state index contributed by atoms with van der Waals surface area (Å²) in [6.07, 6.45) is 6.00. The SMILES string of the molecule is OC(NCc1ccccc1)c1nc2c(Oc3cccnc3)cc(-c3ccncc3)cc2s1. The lowest BCUT2D eigenvalue weighted by Gasteiger charge is -2.10. The van der Waals surface area contributed by atoms with Gasteiger partial charge in [-0.3, -0.25) is 15.3 Å². The van der Waals surface area contributed by atoms with Crippen LogP contribution in [-0.2, 0) is 6.54 Å². The highest BCUT2D eigenvalue weighted by atomic mass is 32.1.